The predicted molar refractivity (Wildman–Crippen MR) is 423 cm³/mol. The fourth-order valence-electron chi connectivity index (χ4n) is 7.07. The number of nitrogens with one attached hydrogen (secondary N) is 6. The van der Waals surface area contributed by atoms with Crippen molar-refractivity contribution in [2.45, 2.75) is 95.7 Å². The van der Waals surface area contributed by atoms with Crippen molar-refractivity contribution >= 4 is 144 Å². The first kappa shape index (κ1) is 97.7. The summed E-state index contributed by atoms with van der Waals surface area (Å²) < 4.78 is 41.3. The van der Waals surface area contributed by atoms with Crippen LogP contribution in [0.1, 0.15) is 102 Å². The Morgan fingerprint density at radius 2 is 0.782 bits per heavy atom. The summed E-state index contributed by atoms with van der Waals surface area (Å²) in [6.45, 7) is 24.8. The monoisotopic (exact) mass is 1700 g/mol. The SMILES string of the molecule is CC#CC(=O)NCCOC.CC#CC(=O)NCCOC.CC#CC(=O)OCC.CCCNC(=O)/C=C(/C)c1cc(/C(C)=C\C(=O)NCc2ccc(OC)cc2)c(Cl)c(OC)c1Cl.COCCNC(=O)/C=C(/C)I.COc1c(Cl)c(C)cc(C)c1Cl.COc1ccc(CNC(=O)/C=C(/C)I)cc1. The average Bonchev–Trinajstić information content (AvgIpc) is 0.794. The van der Waals surface area contributed by atoms with E-state index in [9.17, 15) is 33.6 Å². The number of allylic oxidation sites excluding steroid dienone is 4. The van der Waals surface area contributed by atoms with E-state index >= 15 is 0 Å². The molecule has 21 nitrogen and oxygen atoms in total. The summed E-state index contributed by atoms with van der Waals surface area (Å²) in [7, 11) is 11.0. The van der Waals surface area contributed by atoms with Crippen molar-refractivity contribution in [2.75, 3.05) is 102 Å². The van der Waals surface area contributed by atoms with Gasteiger partial charge in [-0.2, -0.15) is 0 Å². The van der Waals surface area contributed by atoms with E-state index in [1.165, 1.54) is 19.3 Å². The molecule has 6 amide bonds. The summed E-state index contributed by atoms with van der Waals surface area (Å²) in [5.41, 5.74) is 6.40. The van der Waals surface area contributed by atoms with Gasteiger partial charge >= 0.3 is 5.97 Å². The number of hydrogen-bond donors (Lipinski definition) is 6. The molecule has 0 spiro atoms. The fraction of sp³-hybridized carbons (Fsp3) is 0.392. The van der Waals surface area contributed by atoms with Crippen molar-refractivity contribution in [2.24, 2.45) is 0 Å². The van der Waals surface area contributed by atoms with E-state index in [1.807, 2.05) is 89.2 Å². The van der Waals surface area contributed by atoms with Gasteiger partial charge < -0.3 is 69.8 Å². The van der Waals surface area contributed by atoms with Crippen molar-refractivity contribution in [1.82, 2.24) is 31.9 Å². The average molecular weight is 1710 g/mol. The highest BCUT2D eigenvalue weighted by atomic mass is 127. The summed E-state index contributed by atoms with van der Waals surface area (Å²) in [4.78, 5) is 78.3. The molecule has 0 aliphatic heterocycles. The first-order valence-electron chi connectivity index (χ1n) is 30.9. The van der Waals surface area contributed by atoms with Gasteiger partial charge in [0, 0.05) is 102 Å². The van der Waals surface area contributed by atoms with Gasteiger partial charge in [0.2, 0.25) is 23.6 Å². The van der Waals surface area contributed by atoms with Crippen LogP contribution in [-0.2, 0) is 65.6 Å². The van der Waals surface area contributed by atoms with E-state index in [4.69, 9.17) is 79.6 Å². The molecule has 4 rings (SSSR count). The van der Waals surface area contributed by atoms with E-state index in [0.29, 0.717) is 109 Å². The lowest BCUT2D eigenvalue weighted by molar-refractivity contribution is -0.136. The Hall–Kier alpha value is -7.49. The fourth-order valence-corrected chi connectivity index (χ4v) is 8.94. The lowest BCUT2D eigenvalue weighted by atomic mass is 9.98. The van der Waals surface area contributed by atoms with Crippen LogP contribution in [0.25, 0.3) is 11.1 Å². The van der Waals surface area contributed by atoms with Crippen LogP contribution in [0.3, 0.4) is 0 Å². The zero-order valence-corrected chi connectivity index (χ0v) is 68.1. The predicted octanol–water partition coefficient (Wildman–Crippen LogP) is 13.1. The molecule has 0 aliphatic carbocycles. The van der Waals surface area contributed by atoms with Crippen molar-refractivity contribution < 1.29 is 71.5 Å². The second kappa shape index (κ2) is 61.2. The van der Waals surface area contributed by atoms with Crippen LogP contribution in [0.2, 0.25) is 20.1 Å². The van der Waals surface area contributed by atoms with Gasteiger partial charge in [0.25, 0.3) is 11.8 Å². The quantitative estimate of drug-likeness (QED) is 0.00852. The van der Waals surface area contributed by atoms with E-state index in [2.05, 4.69) is 117 Å². The summed E-state index contributed by atoms with van der Waals surface area (Å²) in [5.74, 6) is 15.2. The molecule has 0 bridgehead atoms. The molecule has 554 valence electrons. The van der Waals surface area contributed by atoms with Gasteiger partial charge in [-0.1, -0.05) is 101 Å². The maximum absolute atomic E-state index is 12.5. The number of amides is 6. The molecule has 0 fully saturated rings. The third-order valence-electron chi connectivity index (χ3n) is 11.9. The Kier molecular flexibility index (Phi) is 59.2. The second-order valence-corrected chi connectivity index (χ2v) is 24.9. The van der Waals surface area contributed by atoms with Gasteiger partial charge in [-0.15, -0.1) is 0 Å². The Balaban J connectivity index is -0.00000121. The highest BCUT2D eigenvalue weighted by Gasteiger charge is 2.20. The summed E-state index contributed by atoms with van der Waals surface area (Å²) in [6.07, 6.45) is 6.91. The van der Waals surface area contributed by atoms with Crippen molar-refractivity contribution in [3.8, 4) is 58.5 Å². The lowest BCUT2D eigenvalue weighted by Gasteiger charge is -2.16. The molecule has 0 saturated carbocycles. The lowest BCUT2D eigenvalue weighted by Crippen LogP contribution is -2.25. The minimum Gasteiger partial charge on any atom is -0.497 e. The molecule has 0 aromatic heterocycles. The van der Waals surface area contributed by atoms with Crippen LogP contribution in [0.15, 0.2) is 92.1 Å². The number of aryl methyl sites for hydroxylation is 2. The van der Waals surface area contributed by atoms with Crippen LogP contribution >= 0.6 is 91.6 Å². The Bertz CT molecular complexity index is 3480. The number of rotatable bonds is 26. The van der Waals surface area contributed by atoms with Crippen molar-refractivity contribution in [3.05, 3.63) is 146 Å². The third kappa shape index (κ3) is 48.1. The molecular weight excluding hydrogens is 1610 g/mol. The van der Waals surface area contributed by atoms with Gasteiger partial charge in [0.1, 0.15) is 11.5 Å². The van der Waals surface area contributed by atoms with E-state index in [1.54, 1.807) is 102 Å². The molecule has 6 N–H and O–H groups in total. The topological polar surface area (TPSA) is 266 Å². The number of carbonyl (C=O) groups excluding carboxylic acids is 7. The highest BCUT2D eigenvalue weighted by Crippen LogP contribution is 2.43. The molecule has 27 heteroatoms. The standard InChI is InChI=1S/C26H30Cl2N2O4.C12H14INO2.C9H10Cl2O.C7H12INO2.2C7H11NO2.C6H8O2/c1-6-11-29-22(31)12-16(2)20-14-21(25(28)26(34-5)24(20)27)17(3)13-23(32)30-15-18-7-9-19(33-4)10-8-18;1-9(13)7-12(15)14-8-10-3-5-11(16-2)6-4-10;1-5-4-6(2)8(11)9(12-3)7(5)10;1-6(8)5-7(10)9-3-4-11-2;2*1-3-4-7(9)8-5-6-10-2;1-3-5-6(7)8-4-2/h7-10,12-14H,6,11,15H2,1-5H3,(H,29,31)(H,30,32);3-7H,8H2,1-2H3,(H,14,15);4H,1-3H3;5H,3-4H2,1-2H3,(H,9,10);2*5-6H2,1-2H3,(H,8,9);4H2,1-2H3/b16-12-,17-13-;9-7-;;6-5-;;;. The molecule has 0 radical (unpaired) electrons. The summed E-state index contributed by atoms with van der Waals surface area (Å²) in [5, 5.41) is 18.0. The molecule has 4 aromatic carbocycles. The molecule has 0 aliphatic rings. The van der Waals surface area contributed by atoms with Gasteiger partial charge in [0.05, 0.1) is 75.0 Å². The van der Waals surface area contributed by atoms with Gasteiger partial charge in [-0.05, 0) is 204 Å². The van der Waals surface area contributed by atoms with Crippen LogP contribution in [0.5, 0.6) is 23.0 Å². The number of ether oxygens (including phenoxy) is 8. The van der Waals surface area contributed by atoms with Crippen LogP contribution in [-0.4, -0.2) is 144 Å². The van der Waals surface area contributed by atoms with Crippen molar-refractivity contribution in [3.63, 3.8) is 0 Å². The summed E-state index contributed by atoms with van der Waals surface area (Å²) in [6, 6.07) is 18.7. The maximum atomic E-state index is 12.5. The van der Waals surface area contributed by atoms with E-state index in [0.717, 1.165) is 47.3 Å². The van der Waals surface area contributed by atoms with Crippen molar-refractivity contribution in [1.29, 1.82) is 0 Å². The Morgan fingerprint density at radius 1 is 0.446 bits per heavy atom. The maximum Gasteiger partial charge on any atom is 0.384 e. The molecule has 4 aromatic rings. The van der Waals surface area contributed by atoms with Crippen LogP contribution < -0.4 is 50.8 Å². The van der Waals surface area contributed by atoms with Crippen LogP contribution in [0, 0.1) is 49.4 Å². The normalized spacial score (nSPS) is 10.2. The number of hydrogen-bond acceptors (Lipinski definition) is 15. The van der Waals surface area contributed by atoms with Gasteiger partial charge in [-0.3, -0.25) is 28.8 Å². The molecule has 101 heavy (non-hydrogen) atoms. The smallest absolute Gasteiger partial charge is 0.384 e. The Morgan fingerprint density at radius 3 is 1.11 bits per heavy atom. The molecular formula is C74H96Cl4I2N6O15. The van der Waals surface area contributed by atoms with E-state index < -0.39 is 5.97 Å². The largest absolute Gasteiger partial charge is 0.497 e. The zero-order valence-electron chi connectivity index (χ0n) is 60.8. The molecule has 0 heterocycles. The third-order valence-corrected chi connectivity index (χ3v) is 14.2. The molecule has 0 atom stereocenters. The van der Waals surface area contributed by atoms with Gasteiger partial charge in [0.15, 0.2) is 11.5 Å². The number of esters is 1. The number of carbonyl (C=O) groups is 7. The zero-order chi connectivity index (χ0) is 77.3. The molecule has 0 unspecified atom stereocenters. The molecule has 0 saturated heterocycles. The first-order valence-corrected chi connectivity index (χ1v) is 34.6. The Labute approximate surface area is 644 Å². The van der Waals surface area contributed by atoms with E-state index in [-0.39, 0.29) is 46.2 Å². The first-order chi connectivity index (χ1) is 48.0. The summed E-state index contributed by atoms with van der Waals surface area (Å²) >= 11 is 29.2. The highest BCUT2D eigenvalue weighted by molar-refractivity contribution is 14.1. The number of halogens is 6. The van der Waals surface area contributed by atoms with Gasteiger partial charge in [-0.25, -0.2) is 4.79 Å². The van der Waals surface area contributed by atoms with Crippen LogP contribution in [0.4, 0.5) is 0 Å². The second-order valence-electron chi connectivity index (χ2n) is 20.0. The number of methoxy groups -OCH3 is 7. The number of benzene rings is 4. The minimum atomic E-state index is -0.449. The minimum absolute atomic E-state index is 0.0612.